The average molecular weight is 573 g/mol. The molecule has 0 fully saturated rings. The van der Waals surface area contributed by atoms with Gasteiger partial charge in [-0.1, -0.05) is 10.3 Å². The van der Waals surface area contributed by atoms with Gasteiger partial charge in [0, 0.05) is 11.1 Å². The van der Waals surface area contributed by atoms with Crippen molar-refractivity contribution in [3.8, 4) is 11.5 Å². The van der Waals surface area contributed by atoms with Crippen LogP contribution in [0.4, 0.5) is 0 Å². The molecule has 2 aromatic rings. The largest absolute Gasteiger partial charge is 0.494 e. The number of aliphatic carboxylic acids is 2. The number of carboxylic acid groups (broad SMARTS) is 2. The van der Waals surface area contributed by atoms with Gasteiger partial charge in [0.2, 0.25) is 0 Å². The molecule has 0 aliphatic heterocycles. The number of oxime groups is 2. The van der Waals surface area contributed by atoms with Crippen LogP contribution in [0, 0.1) is 0 Å². The summed E-state index contributed by atoms with van der Waals surface area (Å²) in [4.78, 5) is 53.0. The molecule has 220 valence electrons. The number of benzene rings is 2. The van der Waals surface area contributed by atoms with Crippen LogP contribution >= 0.6 is 0 Å². The Morgan fingerprint density at radius 1 is 0.585 bits per heavy atom. The smallest absolute Gasteiger partial charge is 0.335 e. The number of rotatable bonds is 18. The summed E-state index contributed by atoms with van der Waals surface area (Å²) in [5.41, 5.74) is 12.6. The van der Waals surface area contributed by atoms with Crippen molar-refractivity contribution < 1.29 is 48.5 Å². The molecule has 14 heteroatoms. The van der Waals surface area contributed by atoms with Crippen LogP contribution in [-0.2, 0) is 28.9 Å². The Bertz CT molecular complexity index is 1130. The zero-order valence-corrected chi connectivity index (χ0v) is 22.2. The Balaban J connectivity index is 1.62. The number of carbonyl (C=O) groups excluding carboxylic acids is 2. The first kappa shape index (κ1) is 32.1. The van der Waals surface area contributed by atoms with E-state index in [1.165, 1.54) is 0 Å². The second kappa shape index (κ2) is 17.4. The topological polar surface area (TPSA) is 222 Å². The second-order valence-electron chi connectivity index (χ2n) is 8.47. The summed E-state index contributed by atoms with van der Waals surface area (Å²) < 4.78 is 11.4. The van der Waals surface area contributed by atoms with Crippen molar-refractivity contribution in [2.45, 2.75) is 44.9 Å². The fourth-order valence-corrected chi connectivity index (χ4v) is 3.02. The predicted molar refractivity (Wildman–Crippen MR) is 145 cm³/mol. The Hall–Kier alpha value is -5.14. The van der Waals surface area contributed by atoms with Crippen LogP contribution in [-0.4, -0.2) is 59.0 Å². The highest BCUT2D eigenvalue weighted by molar-refractivity contribution is 5.98. The maximum atomic E-state index is 11.4. The Morgan fingerprint density at radius 2 is 0.951 bits per heavy atom. The van der Waals surface area contributed by atoms with Crippen molar-refractivity contribution in [3.63, 3.8) is 0 Å². The zero-order chi connectivity index (χ0) is 30.0. The van der Waals surface area contributed by atoms with Gasteiger partial charge in [-0.05, 0) is 67.8 Å². The number of ether oxygens (including phenoxy) is 2. The van der Waals surface area contributed by atoms with Crippen LogP contribution in [0.1, 0.15) is 56.1 Å². The van der Waals surface area contributed by atoms with Gasteiger partial charge in [-0.15, -0.1) is 0 Å². The molecule has 0 atom stereocenters. The molecule has 0 unspecified atom stereocenters. The summed E-state index contributed by atoms with van der Waals surface area (Å²) in [6, 6.07) is 13.5. The molecule has 0 radical (unpaired) electrons. The van der Waals surface area contributed by atoms with E-state index < -0.39 is 23.9 Å². The van der Waals surface area contributed by atoms with Crippen molar-refractivity contribution >= 4 is 35.5 Å². The summed E-state index contributed by atoms with van der Waals surface area (Å²) >= 11 is 0. The van der Waals surface area contributed by atoms with Gasteiger partial charge in [0.15, 0.2) is 11.7 Å². The normalized spacial score (nSPS) is 11.4. The van der Waals surface area contributed by atoms with Gasteiger partial charge in [-0.3, -0.25) is 9.59 Å². The first-order valence-electron chi connectivity index (χ1n) is 12.6. The molecule has 0 heterocycles. The molecule has 0 aliphatic rings. The maximum Gasteiger partial charge on any atom is 0.335 e. The number of hydrogen-bond donors (Lipinski definition) is 4. The van der Waals surface area contributed by atoms with Crippen molar-refractivity contribution in [2.75, 3.05) is 13.2 Å². The van der Waals surface area contributed by atoms with E-state index >= 15 is 0 Å². The molecule has 14 nitrogen and oxygen atoms in total. The van der Waals surface area contributed by atoms with E-state index in [4.69, 9.17) is 31.2 Å². The molecule has 2 aromatic carbocycles. The van der Waals surface area contributed by atoms with Gasteiger partial charge < -0.3 is 40.8 Å². The predicted octanol–water partition coefficient (Wildman–Crippen LogP) is 2.37. The lowest BCUT2D eigenvalue weighted by atomic mass is 10.2. The van der Waals surface area contributed by atoms with E-state index in [1.807, 2.05) is 0 Å². The van der Waals surface area contributed by atoms with Crippen molar-refractivity contribution in [2.24, 2.45) is 21.8 Å². The number of unbranched alkanes of at least 4 members (excludes halogenated alkanes) is 2. The summed E-state index contributed by atoms with van der Waals surface area (Å²) in [5.74, 6) is -2.58. The third-order valence-electron chi connectivity index (χ3n) is 5.20. The molecule has 0 saturated carbocycles. The molecule has 0 saturated heterocycles. The van der Waals surface area contributed by atoms with Crippen LogP contribution in [0.15, 0.2) is 58.8 Å². The highest BCUT2D eigenvalue weighted by atomic mass is 16.7. The lowest BCUT2D eigenvalue weighted by Gasteiger charge is -2.09. The summed E-state index contributed by atoms with van der Waals surface area (Å²) in [6.45, 7) is 0.997. The number of amidine groups is 2. The second-order valence-corrected chi connectivity index (χ2v) is 8.47. The first-order chi connectivity index (χ1) is 19.6. The lowest BCUT2D eigenvalue weighted by Crippen LogP contribution is -2.15. The number of nitrogens with zero attached hydrogens (tertiary/aromatic N) is 2. The highest BCUT2D eigenvalue weighted by Gasteiger charge is 2.09. The van der Waals surface area contributed by atoms with Gasteiger partial charge >= 0.3 is 23.9 Å². The standard InChI is InChI=1S/C27H32N4O10/c28-26(30-40-24(36)14-12-22(32)33)18-4-8-20(9-5-18)38-16-2-1-3-17-39-21-10-6-19(7-11-21)27(29)31-41-25(37)15-13-23(34)35/h4-11H,1-3,12-17H2,(H2,28,30)(H2,29,31)(H,32,33)(H,34,35). The number of nitrogens with two attached hydrogens (primary N) is 2. The summed E-state index contributed by atoms with van der Waals surface area (Å²) in [7, 11) is 0. The van der Waals surface area contributed by atoms with Crippen LogP contribution < -0.4 is 20.9 Å². The van der Waals surface area contributed by atoms with Crippen LogP contribution in [0.2, 0.25) is 0 Å². The molecule has 2 rings (SSSR count). The fraction of sp³-hybridized carbons (Fsp3) is 0.333. The highest BCUT2D eigenvalue weighted by Crippen LogP contribution is 2.15. The van der Waals surface area contributed by atoms with E-state index in [9.17, 15) is 19.2 Å². The quantitative estimate of drug-likeness (QED) is 0.0664. The van der Waals surface area contributed by atoms with Gasteiger partial charge in [-0.2, -0.15) is 0 Å². The van der Waals surface area contributed by atoms with Crippen LogP contribution in [0.25, 0.3) is 0 Å². The molecular formula is C27H32N4O10. The molecule has 41 heavy (non-hydrogen) atoms. The third-order valence-corrected chi connectivity index (χ3v) is 5.20. The van der Waals surface area contributed by atoms with E-state index in [-0.39, 0.29) is 37.4 Å². The number of carbonyl (C=O) groups is 4. The van der Waals surface area contributed by atoms with E-state index in [1.54, 1.807) is 48.5 Å². The monoisotopic (exact) mass is 572 g/mol. The van der Waals surface area contributed by atoms with Gasteiger partial charge in [0.05, 0.1) is 38.9 Å². The maximum absolute atomic E-state index is 11.4. The van der Waals surface area contributed by atoms with Crippen LogP contribution in [0.5, 0.6) is 11.5 Å². The fourth-order valence-electron chi connectivity index (χ4n) is 3.02. The van der Waals surface area contributed by atoms with Gasteiger partial charge in [0.1, 0.15) is 11.5 Å². The molecular weight excluding hydrogens is 540 g/mol. The lowest BCUT2D eigenvalue weighted by molar-refractivity contribution is -0.147. The van der Waals surface area contributed by atoms with E-state index in [0.717, 1.165) is 19.3 Å². The minimum atomic E-state index is -1.11. The van der Waals surface area contributed by atoms with E-state index in [2.05, 4.69) is 20.0 Å². The van der Waals surface area contributed by atoms with Crippen LogP contribution in [0.3, 0.4) is 0 Å². The van der Waals surface area contributed by atoms with Gasteiger partial charge in [-0.25, -0.2) is 9.59 Å². The number of carboxylic acids is 2. The van der Waals surface area contributed by atoms with Crippen molar-refractivity contribution in [1.82, 2.24) is 0 Å². The zero-order valence-electron chi connectivity index (χ0n) is 22.2. The van der Waals surface area contributed by atoms with Gasteiger partial charge in [0.25, 0.3) is 0 Å². The third kappa shape index (κ3) is 13.5. The molecule has 0 spiro atoms. The molecule has 0 bridgehead atoms. The minimum absolute atomic E-state index is 0.0260. The Kier molecular flexibility index (Phi) is 13.6. The Labute approximate surface area is 235 Å². The number of hydrogen-bond acceptors (Lipinski definition) is 10. The Morgan fingerprint density at radius 3 is 1.29 bits per heavy atom. The molecule has 6 N–H and O–H groups in total. The summed E-state index contributed by atoms with van der Waals surface area (Å²) in [5, 5.41) is 24.2. The van der Waals surface area contributed by atoms with Crippen molar-refractivity contribution in [3.05, 3.63) is 59.7 Å². The first-order valence-corrected chi connectivity index (χ1v) is 12.6. The average Bonchev–Trinajstić information content (AvgIpc) is 2.96. The molecule has 0 aliphatic carbocycles. The molecule has 0 aromatic heterocycles. The van der Waals surface area contributed by atoms with Crippen molar-refractivity contribution in [1.29, 1.82) is 0 Å². The molecule has 0 amide bonds. The SMILES string of the molecule is N/C(=N\OC(=O)CCC(=O)O)c1ccc(OCCCCCOc2ccc(/C(N)=N\OC(=O)CCC(=O)O)cc2)cc1. The minimum Gasteiger partial charge on any atom is -0.494 e. The van der Waals surface area contributed by atoms with E-state index in [0.29, 0.717) is 35.8 Å². The summed E-state index contributed by atoms with van der Waals surface area (Å²) in [6.07, 6.45) is 1.18.